The molecular formula is C52H46B2Si. The van der Waals surface area contributed by atoms with Crippen molar-refractivity contribution < 1.29 is 0 Å². The van der Waals surface area contributed by atoms with Gasteiger partial charge in [-0.3, -0.25) is 0 Å². The molecule has 0 aromatic heterocycles. The molecule has 0 aliphatic carbocycles. The van der Waals surface area contributed by atoms with Crippen molar-refractivity contribution in [2.45, 2.75) is 78.9 Å². The van der Waals surface area contributed by atoms with Crippen LogP contribution in [0.3, 0.4) is 0 Å². The van der Waals surface area contributed by atoms with E-state index in [2.05, 4.69) is 165 Å². The third kappa shape index (κ3) is 3.91. The van der Waals surface area contributed by atoms with Gasteiger partial charge in [0.1, 0.15) is 0 Å². The van der Waals surface area contributed by atoms with Crippen LogP contribution in [0, 0.1) is 6.92 Å². The van der Waals surface area contributed by atoms with Gasteiger partial charge in [-0.2, -0.15) is 0 Å². The van der Waals surface area contributed by atoms with E-state index < -0.39 is 8.07 Å². The molecule has 0 N–H and O–H groups in total. The Hall–Kier alpha value is -4.85. The highest BCUT2D eigenvalue weighted by Gasteiger charge is 2.45. The van der Waals surface area contributed by atoms with E-state index in [1.54, 1.807) is 5.19 Å². The van der Waals surface area contributed by atoms with Crippen LogP contribution in [-0.2, 0) is 10.8 Å². The first-order valence-electron chi connectivity index (χ1n) is 20.5. The molecule has 0 spiro atoms. The topological polar surface area (TPSA) is 0 Å². The lowest BCUT2D eigenvalue weighted by Gasteiger charge is -2.34. The molecule has 0 saturated carbocycles. The summed E-state index contributed by atoms with van der Waals surface area (Å²) in [5.41, 5.74) is 24.9. The van der Waals surface area contributed by atoms with Crippen LogP contribution in [0.2, 0.25) is 19.6 Å². The van der Waals surface area contributed by atoms with Crippen LogP contribution in [0.1, 0.15) is 58.2 Å². The van der Waals surface area contributed by atoms with Crippen molar-refractivity contribution in [2.75, 3.05) is 0 Å². The van der Waals surface area contributed by atoms with Gasteiger partial charge in [0.2, 0.25) is 13.4 Å². The fourth-order valence-electron chi connectivity index (χ4n) is 11.6. The van der Waals surface area contributed by atoms with Crippen LogP contribution < -0.4 is 38.0 Å². The minimum atomic E-state index is -1.85. The molecule has 4 aliphatic rings. The van der Waals surface area contributed by atoms with Crippen LogP contribution >= 0.6 is 0 Å². The minimum absolute atomic E-state index is 0.0396. The maximum atomic E-state index is 2.71. The van der Waals surface area contributed by atoms with Gasteiger partial charge in [0, 0.05) is 0 Å². The fourth-order valence-corrected chi connectivity index (χ4v) is 13.2. The van der Waals surface area contributed by atoms with E-state index in [0.717, 1.165) is 0 Å². The molecule has 0 radical (unpaired) electrons. The lowest BCUT2D eigenvalue weighted by Crippen LogP contribution is -2.53. The predicted octanol–water partition coefficient (Wildman–Crippen LogP) is 8.99. The van der Waals surface area contributed by atoms with E-state index in [1.165, 1.54) is 126 Å². The molecule has 12 rings (SSSR count). The molecule has 264 valence electrons. The molecule has 0 amide bonds. The zero-order valence-corrected chi connectivity index (χ0v) is 34.9. The summed E-state index contributed by atoms with van der Waals surface area (Å²) in [5, 5.41) is 10.6. The molecule has 55 heavy (non-hydrogen) atoms. The van der Waals surface area contributed by atoms with Crippen LogP contribution in [0.5, 0.6) is 0 Å². The molecule has 0 fully saturated rings. The van der Waals surface area contributed by atoms with Crippen LogP contribution in [0.25, 0.3) is 76.8 Å². The highest BCUT2D eigenvalue weighted by molar-refractivity contribution is 7.03. The molecule has 4 aliphatic heterocycles. The van der Waals surface area contributed by atoms with Gasteiger partial charge in [0.15, 0.2) is 0 Å². The Morgan fingerprint density at radius 2 is 0.836 bits per heavy atom. The summed E-state index contributed by atoms with van der Waals surface area (Å²) in [7, 11) is -1.85. The van der Waals surface area contributed by atoms with Crippen LogP contribution in [0.4, 0.5) is 0 Å². The average Bonchev–Trinajstić information content (AvgIpc) is 3.65. The van der Waals surface area contributed by atoms with Crippen molar-refractivity contribution in [1.82, 2.24) is 0 Å². The Morgan fingerprint density at radius 1 is 0.418 bits per heavy atom. The van der Waals surface area contributed by atoms with Gasteiger partial charge in [-0.1, -0.05) is 196 Å². The zero-order valence-electron chi connectivity index (χ0n) is 33.9. The first-order chi connectivity index (χ1) is 26.1. The van der Waals surface area contributed by atoms with Crippen molar-refractivity contribution in [3.05, 3.63) is 114 Å². The Kier molecular flexibility index (Phi) is 5.85. The summed E-state index contributed by atoms with van der Waals surface area (Å²) < 4.78 is 0. The normalized spacial score (nSPS) is 14.7. The van der Waals surface area contributed by atoms with Crippen LogP contribution in [0.15, 0.2) is 97.1 Å². The third-order valence-corrected chi connectivity index (χ3v) is 16.2. The van der Waals surface area contributed by atoms with E-state index in [9.17, 15) is 0 Å². The summed E-state index contributed by atoms with van der Waals surface area (Å²) in [4.78, 5) is 0. The molecule has 3 heteroatoms. The lowest BCUT2D eigenvalue weighted by atomic mass is 9.34. The molecule has 8 aromatic rings. The molecular weight excluding hydrogens is 674 g/mol. The number of rotatable bonds is 1. The largest absolute Gasteiger partial charge is 0.244 e. The van der Waals surface area contributed by atoms with Gasteiger partial charge >= 0.3 is 0 Å². The van der Waals surface area contributed by atoms with Gasteiger partial charge in [-0.25, -0.2) is 0 Å². The van der Waals surface area contributed by atoms with Crippen molar-refractivity contribution in [2.24, 2.45) is 0 Å². The molecule has 0 nitrogen and oxygen atoms in total. The molecule has 4 heterocycles. The third-order valence-electron chi connectivity index (χ3n) is 14.2. The zero-order chi connectivity index (χ0) is 37.8. The second-order valence-electron chi connectivity index (χ2n) is 20.5. The van der Waals surface area contributed by atoms with E-state index in [0.29, 0.717) is 0 Å². The molecule has 0 unspecified atom stereocenters. The van der Waals surface area contributed by atoms with Crippen molar-refractivity contribution in [3.8, 4) is 44.5 Å². The quantitative estimate of drug-likeness (QED) is 0.117. The van der Waals surface area contributed by atoms with E-state index in [1.807, 2.05) is 0 Å². The first kappa shape index (κ1) is 32.4. The Labute approximate surface area is 327 Å². The summed E-state index contributed by atoms with van der Waals surface area (Å²) in [6.45, 7) is 24.8. The SMILES string of the molecule is Cc1cc2c3c(cc4c([Si](C)(C)C)cc5c6c(cc1c3c46)B1c3ccccc3-c3cc(C(C)(C)C)cc-5c31)B1c3ccccc3-c3cc(C(C)(C)C)cc-2c31. The van der Waals surface area contributed by atoms with Gasteiger partial charge in [-0.15, -0.1) is 0 Å². The van der Waals surface area contributed by atoms with E-state index in [-0.39, 0.29) is 24.3 Å². The van der Waals surface area contributed by atoms with Gasteiger partial charge in [0.25, 0.3) is 0 Å². The Balaban J connectivity index is 1.32. The maximum Gasteiger partial charge on any atom is 0.244 e. The summed E-state index contributed by atoms with van der Waals surface area (Å²) >= 11 is 0. The summed E-state index contributed by atoms with van der Waals surface area (Å²) in [6.07, 6.45) is 0. The molecule has 0 saturated heterocycles. The van der Waals surface area contributed by atoms with Gasteiger partial charge in [-0.05, 0) is 111 Å². The smallest absolute Gasteiger partial charge is 0.0664 e. The highest BCUT2D eigenvalue weighted by Crippen LogP contribution is 2.48. The highest BCUT2D eigenvalue weighted by atomic mass is 28.3. The minimum Gasteiger partial charge on any atom is -0.0664 e. The van der Waals surface area contributed by atoms with Crippen molar-refractivity contribution in [1.29, 1.82) is 0 Å². The maximum absolute atomic E-state index is 2.71. The Morgan fingerprint density at radius 3 is 1.31 bits per heavy atom. The predicted molar refractivity (Wildman–Crippen MR) is 246 cm³/mol. The fraction of sp³-hybridized carbons (Fsp3) is 0.231. The van der Waals surface area contributed by atoms with Gasteiger partial charge in [0.05, 0.1) is 8.07 Å². The van der Waals surface area contributed by atoms with Crippen molar-refractivity contribution >= 4 is 91.8 Å². The van der Waals surface area contributed by atoms with Gasteiger partial charge < -0.3 is 0 Å². The second kappa shape index (κ2) is 9.92. The summed E-state index contributed by atoms with van der Waals surface area (Å²) in [6, 6.07) is 39.5. The van der Waals surface area contributed by atoms with E-state index in [4.69, 9.17) is 0 Å². The van der Waals surface area contributed by atoms with E-state index >= 15 is 0 Å². The Bertz CT molecular complexity index is 3100. The lowest BCUT2D eigenvalue weighted by molar-refractivity contribution is 0.590. The average molecular weight is 721 g/mol. The number of aryl methyl sites for hydroxylation is 1. The first-order valence-corrected chi connectivity index (χ1v) is 24.0. The number of fused-ring (bicyclic) bond motifs is 10. The van der Waals surface area contributed by atoms with Crippen molar-refractivity contribution in [3.63, 3.8) is 0 Å². The molecule has 8 aromatic carbocycles. The number of hydrogen-bond acceptors (Lipinski definition) is 0. The second-order valence-corrected chi connectivity index (χ2v) is 25.5. The standard InChI is InChI=1S/C52H46B2Si/c1-27-19-33-37-22-28(51(2,3)4)20-35-30-15-12-14-18-41(30)54(49(35)37)43-25-39-44(55(8,9)10)26-34-38-23-29(52(5,6)7)21-36-31-16-11-13-17-40(31)53(50(36)38)42-24-32(27)47(45(33)43)48(39)46(34)42/h11-26H,1-10H3. The van der Waals surface area contributed by atoms with Crippen LogP contribution in [-0.4, -0.2) is 21.5 Å². The molecule has 0 bridgehead atoms. The molecule has 0 atom stereocenters. The summed E-state index contributed by atoms with van der Waals surface area (Å²) in [5.74, 6) is 0. The monoisotopic (exact) mass is 720 g/mol. The number of hydrogen-bond donors (Lipinski definition) is 0. The number of benzene rings is 8.